The van der Waals surface area contributed by atoms with Crippen LogP contribution in [-0.2, 0) is 43.6 Å². The number of carbonyl (C=O) groups is 3. The standard InChI is InChI=1S/C47H51N5O12/c1-30(53)60-25-38(63-31(2)54)23-24-59-29-61-41-40(55)39(64-45(41)52-28-50-42-44(52)49-27-51-47(42,48)43(56)32-11-7-5-8-12-32)26-62-46(33-13-9-6-10-14-33,34-15-19-36(57-3)20-16-34)35-17-21-37(58-4)22-18-35/h5-22,27,38-41,45,55H,23-26,28-29,48H2,1-4H3/t38?,39-,40-,41-,45-,47?/m1/s1. The van der Waals surface area contributed by atoms with Crippen LogP contribution in [0.2, 0.25) is 0 Å². The van der Waals surface area contributed by atoms with Crippen molar-refractivity contribution < 1.29 is 57.4 Å². The van der Waals surface area contributed by atoms with Crippen molar-refractivity contribution in [3.63, 3.8) is 0 Å². The summed E-state index contributed by atoms with van der Waals surface area (Å²) in [7, 11) is 3.19. The molecule has 0 aromatic heterocycles. The van der Waals surface area contributed by atoms with Crippen LogP contribution in [0.3, 0.4) is 0 Å². The summed E-state index contributed by atoms with van der Waals surface area (Å²) in [5.74, 6) is -0.00951. The summed E-state index contributed by atoms with van der Waals surface area (Å²) in [6.45, 7) is 1.86. The largest absolute Gasteiger partial charge is 0.497 e. The van der Waals surface area contributed by atoms with E-state index in [0.29, 0.717) is 17.1 Å². The maximum atomic E-state index is 13.9. The van der Waals surface area contributed by atoms with E-state index < -0.39 is 59.6 Å². The lowest BCUT2D eigenvalue weighted by molar-refractivity contribution is -0.161. The van der Waals surface area contributed by atoms with Crippen LogP contribution in [0.1, 0.15) is 47.3 Å². The predicted molar refractivity (Wildman–Crippen MR) is 233 cm³/mol. The highest BCUT2D eigenvalue weighted by Crippen LogP contribution is 2.43. The zero-order chi connectivity index (χ0) is 45.3. The van der Waals surface area contributed by atoms with Gasteiger partial charge in [0, 0.05) is 25.8 Å². The van der Waals surface area contributed by atoms with Crippen LogP contribution in [0.25, 0.3) is 0 Å². The van der Waals surface area contributed by atoms with Crippen molar-refractivity contribution in [2.75, 3.05) is 47.5 Å². The van der Waals surface area contributed by atoms with Gasteiger partial charge in [-0.15, -0.1) is 0 Å². The van der Waals surface area contributed by atoms with Crippen LogP contribution in [0.15, 0.2) is 124 Å². The number of fused-ring (bicyclic) bond motifs is 1. The molecule has 0 aliphatic carbocycles. The number of Topliss-reactive ketones (excluding diaryl/α,β-unsaturated/α-hetero) is 1. The Morgan fingerprint density at radius 1 is 0.875 bits per heavy atom. The van der Waals surface area contributed by atoms with Gasteiger partial charge in [0.1, 0.15) is 73.6 Å². The molecule has 2 unspecified atom stereocenters. The van der Waals surface area contributed by atoms with Crippen LogP contribution in [-0.4, -0.2) is 129 Å². The first kappa shape index (κ1) is 45.7. The number of aliphatic imine (C=N–C) groups is 3. The van der Waals surface area contributed by atoms with Crippen molar-refractivity contribution in [1.29, 1.82) is 0 Å². The third kappa shape index (κ3) is 9.74. The number of methoxy groups -OCH3 is 2. The number of esters is 2. The van der Waals surface area contributed by atoms with Gasteiger partial charge in [-0.05, 0) is 41.0 Å². The van der Waals surface area contributed by atoms with Gasteiger partial charge in [-0.1, -0.05) is 84.9 Å². The zero-order valence-electron chi connectivity index (χ0n) is 35.9. The molecule has 336 valence electrons. The molecule has 17 nitrogen and oxygen atoms in total. The van der Waals surface area contributed by atoms with Gasteiger partial charge in [-0.3, -0.25) is 25.1 Å². The van der Waals surface area contributed by atoms with Crippen molar-refractivity contribution >= 4 is 35.6 Å². The van der Waals surface area contributed by atoms with E-state index in [-0.39, 0.29) is 51.3 Å². The van der Waals surface area contributed by atoms with E-state index >= 15 is 0 Å². The average molecular weight is 878 g/mol. The van der Waals surface area contributed by atoms with Gasteiger partial charge in [-0.2, -0.15) is 0 Å². The van der Waals surface area contributed by atoms with E-state index in [4.69, 9.17) is 43.6 Å². The number of rotatable bonds is 20. The monoisotopic (exact) mass is 877 g/mol. The van der Waals surface area contributed by atoms with Crippen LogP contribution < -0.4 is 15.2 Å². The van der Waals surface area contributed by atoms with Crippen LogP contribution in [0.5, 0.6) is 11.5 Å². The fourth-order valence-corrected chi connectivity index (χ4v) is 7.85. The fourth-order valence-electron chi connectivity index (χ4n) is 7.85. The van der Waals surface area contributed by atoms with Gasteiger partial charge in [0.15, 0.2) is 12.1 Å². The summed E-state index contributed by atoms with van der Waals surface area (Å²) < 4.78 is 47.2. The molecule has 3 heterocycles. The summed E-state index contributed by atoms with van der Waals surface area (Å²) in [5.41, 5.74) is 6.43. The minimum Gasteiger partial charge on any atom is -0.497 e. The summed E-state index contributed by atoms with van der Waals surface area (Å²) in [6.07, 6.45) is -3.83. The molecule has 3 aliphatic heterocycles. The van der Waals surface area contributed by atoms with Gasteiger partial charge in [-0.25, -0.2) is 9.98 Å². The van der Waals surface area contributed by atoms with Gasteiger partial charge < -0.3 is 47.9 Å². The minimum absolute atomic E-state index is 0.0425. The quantitative estimate of drug-likeness (QED) is 0.0422. The minimum atomic E-state index is -1.89. The number of nitrogens with two attached hydrogens (primary N) is 1. The van der Waals surface area contributed by atoms with Crippen molar-refractivity contribution in [1.82, 2.24) is 4.90 Å². The van der Waals surface area contributed by atoms with Gasteiger partial charge >= 0.3 is 11.9 Å². The van der Waals surface area contributed by atoms with Crippen LogP contribution >= 0.6 is 0 Å². The Bertz CT molecular complexity index is 2280. The highest BCUT2D eigenvalue weighted by atomic mass is 16.7. The maximum Gasteiger partial charge on any atom is 0.303 e. The highest BCUT2D eigenvalue weighted by molar-refractivity contribution is 6.52. The van der Waals surface area contributed by atoms with Crippen molar-refractivity contribution in [3.05, 3.63) is 131 Å². The normalized spacial score (nSPS) is 21.9. The molecule has 0 spiro atoms. The molecule has 3 aliphatic rings. The molecule has 1 fully saturated rings. The lowest BCUT2D eigenvalue weighted by Gasteiger charge is -2.37. The molecule has 6 atom stereocenters. The third-order valence-corrected chi connectivity index (χ3v) is 11.0. The van der Waals surface area contributed by atoms with Crippen molar-refractivity contribution in [2.45, 2.75) is 62.2 Å². The van der Waals surface area contributed by atoms with Crippen molar-refractivity contribution in [2.24, 2.45) is 20.7 Å². The molecule has 1 saturated heterocycles. The number of hydrogen-bond acceptors (Lipinski definition) is 17. The van der Waals surface area contributed by atoms with Gasteiger partial charge in [0.05, 0.1) is 27.4 Å². The van der Waals surface area contributed by atoms with E-state index in [9.17, 15) is 19.5 Å². The van der Waals surface area contributed by atoms with E-state index in [1.807, 2.05) is 78.9 Å². The van der Waals surface area contributed by atoms with E-state index in [0.717, 1.165) is 16.7 Å². The second-order valence-corrected chi connectivity index (χ2v) is 15.1. The molecule has 0 bridgehead atoms. The number of nitrogens with zero attached hydrogens (tertiary/aromatic N) is 4. The Hall–Kier alpha value is -6.34. The molecule has 7 rings (SSSR count). The molecule has 0 radical (unpaired) electrons. The molecular formula is C47H51N5O12. The second kappa shape index (κ2) is 20.4. The number of benzene rings is 4. The average Bonchev–Trinajstić information content (AvgIpc) is 3.89. The predicted octanol–water partition coefficient (Wildman–Crippen LogP) is 4.03. The van der Waals surface area contributed by atoms with Gasteiger partial charge in [0.25, 0.3) is 0 Å². The summed E-state index contributed by atoms with van der Waals surface area (Å²) in [6, 6.07) is 33.3. The fraction of sp³-hybridized carbons (Fsp3) is 0.362. The molecule has 64 heavy (non-hydrogen) atoms. The number of hydrogen-bond donors (Lipinski definition) is 2. The first-order chi connectivity index (χ1) is 31.0. The van der Waals surface area contributed by atoms with E-state index in [2.05, 4.69) is 15.0 Å². The number of ketones is 1. The Balaban J connectivity index is 1.18. The lowest BCUT2D eigenvalue weighted by atomic mass is 9.80. The van der Waals surface area contributed by atoms with E-state index in [1.165, 1.54) is 20.2 Å². The molecule has 4 aromatic rings. The van der Waals surface area contributed by atoms with Crippen molar-refractivity contribution in [3.8, 4) is 11.5 Å². The van der Waals surface area contributed by atoms with Crippen LogP contribution in [0.4, 0.5) is 0 Å². The number of aliphatic hydroxyl groups is 1. The maximum absolute atomic E-state index is 13.9. The first-order valence-corrected chi connectivity index (χ1v) is 20.6. The Labute approximate surface area is 370 Å². The molecule has 17 heteroatoms. The van der Waals surface area contributed by atoms with E-state index in [1.54, 1.807) is 49.5 Å². The number of carbonyl (C=O) groups excluding carboxylic acids is 3. The third-order valence-electron chi connectivity index (χ3n) is 11.0. The Kier molecular flexibility index (Phi) is 14.6. The summed E-state index contributed by atoms with van der Waals surface area (Å²) >= 11 is 0. The zero-order valence-corrected chi connectivity index (χ0v) is 35.9. The molecule has 4 aromatic carbocycles. The second-order valence-electron chi connectivity index (χ2n) is 15.1. The molecule has 0 amide bonds. The molecule has 0 saturated carbocycles. The number of aliphatic hydroxyl groups excluding tert-OH is 1. The number of amidine groups is 1. The molecular weight excluding hydrogens is 827 g/mol. The Morgan fingerprint density at radius 2 is 1.48 bits per heavy atom. The first-order valence-electron chi connectivity index (χ1n) is 20.6. The van der Waals surface area contributed by atoms with Gasteiger partial charge in [0.2, 0.25) is 11.4 Å². The lowest BCUT2D eigenvalue weighted by Crippen LogP contribution is -2.59. The topological polar surface area (TPSA) is 212 Å². The number of ether oxygens (including phenoxy) is 8. The smallest absolute Gasteiger partial charge is 0.303 e. The Morgan fingerprint density at radius 3 is 2.08 bits per heavy atom. The highest BCUT2D eigenvalue weighted by Gasteiger charge is 2.54. The SMILES string of the molecule is COc1ccc(C(OC[C@H]2O[C@@H](N3CN=C4C3=NC=NC4(N)C(=O)c3ccccc3)[C@H](OCOCCC(COC(C)=O)OC(C)=O)[C@@H]2O)(c2ccccc2)c2ccc(OC)cc2)cc1. The molecule has 3 N–H and O–H groups in total. The summed E-state index contributed by atoms with van der Waals surface area (Å²) in [4.78, 5) is 52.1. The van der Waals surface area contributed by atoms with Crippen LogP contribution in [0, 0.1) is 0 Å². The summed E-state index contributed by atoms with van der Waals surface area (Å²) in [5, 5.41) is 12.2.